The molecule has 0 aliphatic carbocycles. The Morgan fingerprint density at radius 3 is 2.37 bits per heavy atom. The van der Waals surface area contributed by atoms with Crippen LogP contribution in [0.3, 0.4) is 0 Å². The molecule has 12 heteroatoms. The van der Waals surface area contributed by atoms with Gasteiger partial charge in [-0.25, -0.2) is 9.79 Å². The maximum Gasteiger partial charge on any atom is 0.337 e. The summed E-state index contributed by atoms with van der Waals surface area (Å²) in [7, 11) is -4.72. The SMILES string of the molecule is O=C(O)c1ccc(S(=O)(=O)O)cc1N1C(=O)C(=Cc2cccc([N+](=O)[O-])c2)N=C1c1ccccc1. The molecule has 0 fully saturated rings. The summed E-state index contributed by atoms with van der Waals surface area (Å²) in [5.74, 6) is -2.24. The predicted molar refractivity (Wildman–Crippen MR) is 125 cm³/mol. The molecule has 1 heterocycles. The van der Waals surface area contributed by atoms with Crippen molar-refractivity contribution >= 4 is 45.3 Å². The van der Waals surface area contributed by atoms with E-state index >= 15 is 0 Å². The number of anilines is 1. The lowest BCUT2D eigenvalue weighted by Crippen LogP contribution is -2.34. The lowest BCUT2D eigenvalue weighted by molar-refractivity contribution is -0.384. The van der Waals surface area contributed by atoms with E-state index in [0.29, 0.717) is 11.1 Å². The molecule has 11 nitrogen and oxygen atoms in total. The Morgan fingerprint density at radius 1 is 1.03 bits per heavy atom. The zero-order valence-corrected chi connectivity index (χ0v) is 18.4. The van der Waals surface area contributed by atoms with Crippen molar-refractivity contribution < 1.29 is 32.6 Å². The van der Waals surface area contributed by atoms with Crippen LogP contribution >= 0.6 is 0 Å². The lowest BCUT2D eigenvalue weighted by Gasteiger charge is -2.21. The molecule has 0 atom stereocenters. The van der Waals surface area contributed by atoms with Crippen molar-refractivity contribution in [1.29, 1.82) is 0 Å². The number of carbonyl (C=O) groups excluding carboxylic acids is 1. The Morgan fingerprint density at radius 2 is 1.74 bits per heavy atom. The van der Waals surface area contributed by atoms with Gasteiger partial charge in [0.1, 0.15) is 11.5 Å². The highest BCUT2D eigenvalue weighted by Crippen LogP contribution is 2.32. The fraction of sp³-hybridized carbons (Fsp3) is 0. The van der Waals surface area contributed by atoms with Gasteiger partial charge in [0.2, 0.25) is 0 Å². The van der Waals surface area contributed by atoms with Crippen molar-refractivity contribution in [2.45, 2.75) is 4.90 Å². The predicted octanol–water partition coefficient (Wildman–Crippen LogP) is 3.37. The second-order valence-electron chi connectivity index (χ2n) is 7.28. The van der Waals surface area contributed by atoms with E-state index in [1.54, 1.807) is 30.3 Å². The van der Waals surface area contributed by atoms with E-state index in [-0.39, 0.29) is 22.9 Å². The number of aromatic carboxylic acids is 1. The van der Waals surface area contributed by atoms with Crippen LogP contribution < -0.4 is 4.90 Å². The Labute approximate surface area is 198 Å². The van der Waals surface area contributed by atoms with Crippen molar-refractivity contribution in [2.75, 3.05) is 4.90 Å². The quantitative estimate of drug-likeness (QED) is 0.228. The molecule has 3 aromatic rings. The molecule has 0 bridgehead atoms. The average Bonchev–Trinajstić information content (AvgIpc) is 3.14. The van der Waals surface area contributed by atoms with E-state index in [2.05, 4.69) is 4.99 Å². The second-order valence-corrected chi connectivity index (χ2v) is 8.70. The largest absolute Gasteiger partial charge is 0.478 e. The Bertz CT molecular complexity index is 1550. The van der Waals surface area contributed by atoms with Gasteiger partial charge in [-0.1, -0.05) is 42.5 Å². The summed E-state index contributed by atoms with van der Waals surface area (Å²) in [4.78, 5) is 40.5. The van der Waals surface area contributed by atoms with Crippen LogP contribution in [-0.4, -0.2) is 40.7 Å². The molecular formula is C23H15N3O8S. The summed E-state index contributed by atoms with van der Waals surface area (Å²) < 4.78 is 32.9. The summed E-state index contributed by atoms with van der Waals surface area (Å²) in [5, 5.41) is 20.8. The highest BCUT2D eigenvalue weighted by molar-refractivity contribution is 7.85. The zero-order chi connectivity index (χ0) is 25.3. The summed E-state index contributed by atoms with van der Waals surface area (Å²) in [6.45, 7) is 0. The topological polar surface area (TPSA) is 167 Å². The third-order valence-corrected chi connectivity index (χ3v) is 5.86. The number of amides is 1. The van der Waals surface area contributed by atoms with E-state index in [1.165, 1.54) is 30.3 Å². The molecule has 1 amide bonds. The van der Waals surface area contributed by atoms with Gasteiger partial charge >= 0.3 is 5.97 Å². The van der Waals surface area contributed by atoms with E-state index in [0.717, 1.165) is 23.1 Å². The number of benzene rings is 3. The molecule has 3 aromatic carbocycles. The number of carboxylic acid groups (broad SMARTS) is 1. The number of non-ortho nitro benzene ring substituents is 1. The van der Waals surface area contributed by atoms with Gasteiger partial charge in [-0.2, -0.15) is 8.42 Å². The first-order valence-electron chi connectivity index (χ1n) is 9.86. The van der Waals surface area contributed by atoms with Gasteiger partial charge in [0.25, 0.3) is 21.7 Å². The third kappa shape index (κ3) is 4.69. The fourth-order valence-electron chi connectivity index (χ4n) is 3.44. The van der Waals surface area contributed by atoms with Crippen molar-refractivity contribution in [1.82, 2.24) is 0 Å². The molecule has 4 rings (SSSR count). The number of nitrogens with zero attached hydrogens (tertiary/aromatic N) is 3. The molecule has 0 spiro atoms. The van der Waals surface area contributed by atoms with Crippen LogP contribution in [0.15, 0.2) is 88.4 Å². The van der Waals surface area contributed by atoms with Crippen molar-refractivity contribution in [3.05, 3.63) is 105 Å². The minimum absolute atomic E-state index is 0.00210. The molecule has 1 aliphatic heterocycles. The minimum Gasteiger partial charge on any atom is -0.478 e. The number of hydrogen-bond donors (Lipinski definition) is 2. The van der Waals surface area contributed by atoms with Gasteiger partial charge < -0.3 is 5.11 Å². The number of carboxylic acids is 1. The molecule has 1 aliphatic rings. The van der Waals surface area contributed by atoms with Crippen LogP contribution in [0.25, 0.3) is 6.08 Å². The summed E-state index contributed by atoms with van der Waals surface area (Å²) in [6.07, 6.45) is 1.30. The first-order valence-corrected chi connectivity index (χ1v) is 11.3. The molecule has 0 unspecified atom stereocenters. The maximum atomic E-state index is 13.5. The third-order valence-electron chi connectivity index (χ3n) is 5.02. The highest BCUT2D eigenvalue weighted by atomic mass is 32.2. The fourth-order valence-corrected chi connectivity index (χ4v) is 3.95. The molecule has 0 aromatic heterocycles. The van der Waals surface area contributed by atoms with Gasteiger partial charge in [-0.15, -0.1) is 0 Å². The molecule has 0 saturated carbocycles. The van der Waals surface area contributed by atoms with Crippen LogP contribution in [-0.2, 0) is 14.9 Å². The average molecular weight is 493 g/mol. The van der Waals surface area contributed by atoms with E-state index < -0.39 is 37.4 Å². The summed E-state index contributed by atoms with van der Waals surface area (Å²) >= 11 is 0. The summed E-state index contributed by atoms with van der Waals surface area (Å²) in [5.41, 5.74) is -0.405. The van der Waals surface area contributed by atoms with E-state index in [9.17, 15) is 37.8 Å². The van der Waals surface area contributed by atoms with E-state index in [4.69, 9.17) is 0 Å². The molecular weight excluding hydrogens is 478 g/mol. The van der Waals surface area contributed by atoms with E-state index in [1.807, 2.05) is 0 Å². The number of hydrogen-bond acceptors (Lipinski definition) is 7. The maximum absolute atomic E-state index is 13.5. The van der Waals surface area contributed by atoms with Gasteiger partial charge in [-0.3, -0.25) is 24.4 Å². The zero-order valence-electron chi connectivity index (χ0n) is 17.6. The molecule has 0 saturated heterocycles. The van der Waals surface area contributed by atoms with Gasteiger partial charge in [0.05, 0.1) is 21.1 Å². The molecule has 176 valence electrons. The Hall–Kier alpha value is -4.68. The number of nitro benzene ring substituents is 1. The monoisotopic (exact) mass is 493 g/mol. The molecule has 35 heavy (non-hydrogen) atoms. The first kappa shape index (κ1) is 23.5. The van der Waals surface area contributed by atoms with Crippen LogP contribution in [0.5, 0.6) is 0 Å². The van der Waals surface area contributed by atoms with Crippen LogP contribution in [0.2, 0.25) is 0 Å². The van der Waals surface area contributed by atoms with Crippen LogP contribution in [0, 0.1) is 10.1 Å². The normalized spacial score (nSPS) is 14.8. The lowest BCUT2D eigenvalue weighted by atomic mass is 10.1. The number of amidine groups is 1. The second kappa shape index (κ2) is 8.93. The minimum atomic E-state index is -4.72. The number of carbonyl (C=O) groups is 2. The van der Waals surface area contributed by atoms with Crippen molar-refractivity contribution in [2.24, 2.45) is 4.99 Å². The number of rotatable bonds is 6. The smallest absolute Gasteiger partial charge is 0.337 e. The number of nitro groups is 1. The summed E-state index contributed by atoms with van der Waals surface area (Å²) in [6, 6.07) is 16.5. The molecule has 0 radical (unpaired) electrons. The Kier molecular flexibility index (Phi) is 5.99. The highest BCUT2D eigenvalue weighted by Gasteiger charge is 2.35. The van der Waals surface area contributed by atoms with Gasteiger partial charge in [-0.05, 0) is 29.8 Å². The van der Waals surface area contributed by atoms with Crippen LogP contribution in [0.4, 0.5) is 11.4 Å². The number of aliphatic imine (C=N–C) groups is 1. The van der Waals surface area contributed by atoms with Gasteiger partial charge in [0.15, 0.2) is 0 Å². The first-order chi connectivity index (χ1) is 16.6. The molecule has 2 N–H and O–H groups in total. The Balaban J connectivity index is 1.93. The standard InChI is InChI=1S/C23H15N3O8S/c27-22-19(12-14-5-4-8-16(11-14)26(30)31)24-21(15-6-2-1-3-7-15)25(22)20-13-17(35(32,33)34)9-10-18(20)23(28)29/h1-13H,(H,28,29)(H,32,33,34). The van der Waals surface area contributed by atoms with Crippen LogP contribution in [0.1, 0.15) is 21.5 Å². The van der Waals surface area contributed by atoms with Crippen molar-refractivity contribution in [3.8, 4) is 0 Å². The van der Waals surface area contributed by atoms with Gasteiger partial charge in [0, 0.05) is 17.7 Å². The van der Waals surface area contributed by atoms with Crippen molar-refractivity contribution in [3.63, 3.8) is 0 Å².